The molecule has 0 bridgehead atoms. The van der Waals surface area contributed by atoms with Crippen molar-refractivity contribution < 1.29 is 5.11 Å². The number of aromatic nitrogens is 1. The number of hydrogen-bond donors (Lipinski definition) is 1. The van der Waals surface area contributed by atoms with Gasteiger partial charge in [-0.25, -0.2) is 0 Å². The van der Waals surface area contributed by atoms with E-state index in [1.54, 1.807) is 0 Å². The first-order valence-corrected chi connectivity index (χ1v) is 5.40. The Bertz CT molecular complexity index is 304. The summed E-state index contributed by atoms with van der Waals surface area (Å²) in [5.41, 5.74) is 3.10. The molecule has 0 aliphatic heterocycles. The van der Waals surface area contributed by atoms with Crippen molar-refractivity contribution in [1.82, 2.24) is 4.57 Å². The average Bonchev–Trinajstić information content (AvgIpc) is 2.84. The summed E-state index contributed by atoms with van der Waals surface area (Å²) < 4.78 is 2.38. The topological polar surface area (TPSA) is 25.2 Å². The van der Waals surface area contributed by atoms with Gasteiger partial charge in [-0.05, 0) is 50.7 Å². The Morgan fingerprint density at radius 2 is 1.86 bits per heavy atom. The third-order valence-electron chi connectivity index (χ3n) is 3.51. The Morgan fingerprint density at radius 3 is 2.29 bits per heavy atom. The molecule has 0 unspecified atom stereocenters. The largest absolute Gasteiger partial charge is 0.396 e. The van der Waals surface area contributed by atoms with E-state index in [4.69, 9.17) is 5.11 Å². The van der Waals surface area contributed by atoms with Crippen molar-refractivity contribution in [1.29, 1.82) is 0 Å². The minimum Gasteiger partial charge on any atom is -0.396 e. The smallest absolute Gasteiger partial charge is 0.0436 e. The van der Waals surface area contributed by atoms with Crippen LogP contribution in [0.5, 0.6) is 0 Å². The molecule has 0 spiro atoms. The highest BCUT2D eigenvalue weighted by atomic mass is 16.3. The number of aliphatic hydroxyl groups is 1. The van der Waals surface area contributed by atoms with E-state index < -0.39 is 0 Å². The molecule has 1 aromatic rings. The van der Waals surface area contributed by atoms with Crippen LogP contribution in [0.3, 0.4) is 0 Å². The van der Waals surface area contributed by atoms with Crippen LogP contribution in [-0.2, 0) is 6.54 Å². The summed E-state index contributed by atoms with van der Waals surface area (Å²) in [6.07, 6.45) is 3.53. The van der Waals surface area contributed by atoms with Crippen molar-refractivity contribution in [2.24, 2.45) is 5.41 Å². The molecule has 1 aliphatic rings. The Balaban J connectivity index is 2.10. The molecule has 14 heavy (non-hydrogen) atoms. The number of rotatable bonds is 4. The molecular formula is C12H19NO. The number of aliphatic hydroxyl groups excluding tert-OH is 1. The summed E-state index contributed by atoms with van der Waals surface area (Å²) in [6, 6.07) is 4.34. The fourth-order valence-electron chi connectivity index (χ4n) is 2.19. The maximum atomic E-state index is 9.00. The molecule has 0 amide bonds. The molecular weight excluding hydrogens is 174 g/mol. The highest BCUT2D eigenvalue weighted by Crippen LogP contribution is 2.50. The predicted octanol–water partition coefficient (Wildman–Crippen LogP) is 2.27. The first-order valence-electron chi connectivity index (χ1n) is 5.40. The zero-order valence-corrected chi connectivity index (χ0v) is 9.08. The van der Waals surface area contributed by atoms with Crippen LogP contribution in [0.2, 0.25) is 0 Å². The van der Waals surface area contributed by atoms with E-state index >= 15 is 0 Å². The second-order valence-corrected chi connectivity index (χ2v) is 4.68. The highest BCUT2D eigenvalue weighted by molar-refractivity contribution is 5.15. The molecule has 0 atom stereocenters. The second kappa shape index (κ2) is 3.43. The summed E-state index contributed by atoms with van der Waals surface area (Å²) in [4.78, 5) is 0. The van der Waals surface area contributed by atoms with Gasteiger partial charge in [0.1, 0.15) is 0 Å². The van der Waals surface area contributed by atoms with Gasteiger partial charge < -0.3 is 9.67 Å². The summed E-state index contributed by atoms with van der Waals surface area (Å²) in [6.45, 7) is 5.74. The first kappa shape index (κ1) is 9.78. The van der Waals surface area contributed by atoms with E-state index in [2.05, 4.69) is 30.5 Å². The normalized spacial score (nSPS) is 18.5. The number of nitrogens with zero attached hydrogens (tertiary/aromatic N) is 1. The van der Waals surface area contributed by atoms with Crippen LogP contribution in [0, 0.1) is 19.3 Å². The molecule has 0 aromatic carbocycles. The average molecular weight is 193 g/mol. The Hall–Kier alpha value is -0.760. The first-order chi connectivity index (χ1) is 6.67. The van der Waals surface area contributed by atoms with E-state index in [-0.39, 0.29) is 0 Å². The molecule has 1 aliphatic carbocycles. The molecule has 1 N–H and O–H groups in total. The molecule has 1 aromatic heterocycles. The van der Waals surface area contributed by atoms with Crippen LogP contribution in [0.25, 0.3) is 0 Å². The maximum absolute atomic E-state index is 9.00. The van der Waals surface area contributed by atoms with Crippen molar-refractivity contribution in [2.45, 2.75) is 39.7 Å². The Morgan fingerprint density at radius 1 is 1.29 bits per heavy atom. The van der Waals surface area contributed by atoms with Crippen molar-refractivity contribution in [3.05, 3.63) is 23.5 Å². The van der Waals surface area contributed by atoms with Gasteiger partial charge in [0, 0.05) is 24.5 Å². The lowest BCUT2D eigenvalue weighted by Crippen LogP contribution is -2.15. The Labute approximate surface area is 85.6 Å². The quantitative estimate of drug-likeness (QED) is 0.779. The molecule has 1 fully saturated rings. The van der Waals surface area contributed by atoms with Gasteiger partial charge in [-0.3, -0.25) is 0 Å². The van der Waals surface area contributed by atoms with Gasteiger partial charge in [-0.1, -0.05) is 0 Å². The zero-order chi connectivity index (χ0) is 10.2. The minimum absolute atomic E-state index is 0.333. The van der Waals surface area contributed by atoms with E-state index in [0.717, 1.165) is 13.0 Å². The summed E-state index contributed by atoms with van der Waals surface area (Å²) in [7, 11) is 0. The Kier molecular flexibility index (Phi) is 2.40. The monoisotopic (exact) mass is 193 g/mol. The van der Waals surface area contributed by atoms with Crippen molar-refractivity contribution >= 4 is 0 Å². The van der Waals surface area contributed by atoms with E-state index in [1.807, 2.05) is 0 Å². The standard InChI is InChI=1S/C12H19NO/c1-10-3-4-11(2)13(10)9-12(5-6-12)7-8-14/h3-4,14H,5-9H2,1-2H3. The minimum atomic E-state index is 0.333. The highest BCUT2D eigenvalue weighted by Gasteiger charge is 2.42. The van der Waals surface area contributed by atoms with Crippen LogP contribution in [0.4, 0.5) is 0 Å². The van der Waals surface area contributed by atoms with Gasteiger partial charge in [0.25, 0.3) is 0 Å². The fraction of sp³-hybridized carbons (Fsp3) is 0.667. The summed E-state index contributed by atoms with van der Waals surface area (Å²) in [5.74, 6) is 0. The number of aryl methyl sites for hydroxylation is 2. The van der Waals surface area contributed by atoms with Gasteiger partial charge in [-0.15, -0.1) is 0 Å². The van der Waals surface area contributed by atoms with Crippen LogP contribution >= 0.6 is 0 Å². The SMILES string of the molecule is Cc1ccc(C)n1CC1(CCO)CC1. The van der Waals surface area contributed by atoms with Crippen molar-refractivity contribution in [3.8, 4) is 0 Å². The molecule has 0 saturated heterocycles. The van der Waals surface area contributed by atoms with Gasteiger partial charge in [0.2, 0.25) is 0 Å². The lowest BCUT2D eigenvalue weighted by molar-refractivity contribution is 0.235. The fourth-order valence-corrected chi connectivity index (χ4v) is 2.19. The van der Waals surface area contributed by atoms with Gasteiger partial charge in [0.15, 0.2) is 0 Å². The second-order valence-electron chi connectivity index (χ2n) is 4.68. The zero-order valence-electron chi connectivity index (χ0n) is 9.08. The van der Waals surface area contributed by atoms with Crippen molar-refractivity contribution in [3.63, 3.8) is 0 Å². The molecule has 0 radical (unpaired) electrons. The molecule has 2 heteroatoms. The maximum Gasteiger partial charge on any atom is 0.0436 e. The molecule has 2 nitrogen and oxygen atoms in total. The van der Waals surface area contributed by atoms with Crippen LogP contribution in [-0.4, -0.2) is 16.3 Å². The van der Waals surface area contributed by atoms with E-state index in [1.165, 1.54) is 24.2 Å². The van der Waals surface area contributed by atoms with Crippen LogP contribution in [0.1, 0.15) is 30.7 Å². The van der Waals surface area contributed by atoms with Crippen LogP contribution < -0.4 is 0 Å². The molecule has 1 heterocycles. The molecule has 2 rings (SSSR count). The van der Waals surface area contributed by atoms with Crippen LogP contribution in [0.15, 0.2) is 12.1 Å². The van der Waals surface area contributed by atoms with Gasteiger partial charge in [0.05, 0.1) is 0 Å². The molecule has 1 saturated carbocycles. The summed E-state index contributed by atoms with van der Waals surface area (Å²) >= 11 is 0. The van der Waals surface area contributed by atoms with Gasteiger partial charge in [-0.2, -0.15) is 0 Å². The number of hydrogen-bond acceptors (Lipinski definition) is 1. The lowest BCUT2D eigenvalue weighted by atomic mass is 10.0. The van der Waals surface area contributed by atoms with E-state index in [9.17, 15) is 0 Å². The lowest BCUT2D eigenvalue weighted by Gasteiger charge is -2.17. The third kappa shape index (κ3) is 1.71. The predicted molar refractivity (Wildman–Crippen MR) is 57.3 cm³/mol. The van der Waals surface area contributed by atoms with Gasteiger partial charge >= 0.3 is 0 Å². The van der Waals surface area contributed by atoms with E-state index in [0.29, 0.717) is 12.0 Å². The third-order valence-corrected chi connectivity index (χ3v) is 3.51. The molecule has 78 valence electrons. The van der Waals surface area contributed by atoms with Crippen molar-refractivity contribution in [2.75, 3.05) is 6.61 Å². The summed E-state index contributed by atoms with van der Waals surface area (Å²) in [5, 5.41) is 9.00.